The molecule has 0 aliphatic carbocycles. The van der Waals surface area contributed by atoms with Crippen LogP contribution in [0.2, 0.25) is 0 Å². The van der Waals surface area contributed by atoms with E-state index in [9.17, 15) is 4.79 Å². The molecule has 0 atom stereocenters. The second-order valence-corrected chi connectivity index (χ2v) is 5.08. The number of fused-ring (bicyclic) bond motifs is 1. The van der Waals surface area contributed by atoms with Crippen LogP contribution in [0.3, 0.4) is 0 Å². The van der Waals surface area contributed by atoms with E-state index in [1.807, 2.05) is 47.1 Å². The van der Waals surface area contributed by atoms with Gasteiger partial charge in [-0.2, -0.15) is 0 Å². The molecule has 20 heavy (non-hydrogen) atoms. The average Bonchev–Trinajstić information content (AvgIpc) is 2.87. The molecule has 3 rings (SSSR count). The molecule has 5 heteroatoms. The van der Waals surface area contributed by atoms with Crippen molar-refractivity contribution in [2.75, 3.05) is 7.05 Å². The zero-order chi connectivity index (χ0) is 14.1. The summed E-state index contributed by atoms with van der Waals surface area (Å²) in [5.74, 6) is -0.0824. The molecule has 3 aromatic rings. The molecule has 96 valence electrons. The molecule has 0 unspecified atom stereocenters. The largest absolute Gasteiger partial charge is 0.355 e. The maximum absolute atomic E-state index is 11.7. The monoisotopic (exact) mass is 277 g/mol. The highest BCUT2D eigenvalue weighted by atomic mass is 27.0. The molecule has 0 saturated carbocycles. The molecule has 1 N–H and O–H groups in total. The molecule has 1 amide bonds. The van der Waals surface area contributed by atoms with Crippen molar-refractivity contribution in [1.82, 2.24) is 14.7 Å². The van der Waals surface area contributed by atoms with E-state index in [1.165, 1.54) is 0 Å². The number of benzene rings is 1. The third-order valence-corrected chi connectivity index (χ3v) is 3.65. The number of imidazole rings is 1. The molecular formula is C15H12AlN3O. The standard InChI is InChI=1S/C15H12N3O.Al/c1-16-15(19)13-4-2-3-11(9-13)12-5-7-18-8-6-17-14(18)10-12;/h2-7,9-10H,1H3,(H,16,19);. The van der Waals surface area contributed by atoms with Gasteiger partial charge in [0.1, 0.15) is 5.65 Å². The van der Waals surface area contributed by atoms with Gasteiger partial charge in [0.25, 0.3) is 5.91 Å². The first-order valence-electron chi connectivity index (χ1n) is 6.24. The number of rotatable bonds is 2. The quantitative estimate of drug-likeness (QED) is 0.714. The first-order valence-corrected chi connectivity index (χ1v) is 6.82. The Balaban J connectivity index is 2.08. The van der Waals surface area contributed by atoms with Crippen LogP contribution in [0.25, 0.3) is 16.8 Å². The predicted molar refractivity (Wildman–Crippen MR) is 79.4 cm³/mol. The number of pyridine rings is 1. The third kappa shape index (κ3) is 2.22. The summed E-state index contributed by atoms with van der Waals surface area (Å²) in [7, 11) is 1.63. The van der Waals surface area contributed by atoms with Crippen molar-refractivity contribution in [3.8, 4) is 11.1 Å². The lowest BCUT2D eigenvalue weighted by Gasteiger charge is -2.06. The van der Waals surface area contributed by atoms with E-state index < -0.39 is 0 Å². The lowest BCUT2D eigenvalue weighted by atomic mass is 10.0. The van der Waals surface area contributed by atoms with Crippen molar-refractivity contribution in [3.05, 3.63) is 54.4 Å². The first kappa shape index (κ1) is 12.9. The number of carbonyl (C=O) groups is 1. The molecule has 0 bridgehead atoms. The van der Waals surface area contributed by atoms with Crippen LogP contribution in [0.5, 0.6) is 0 Å². The zero-order valence-corrected chi connectivity index (χ0v) is 12.2. The van der Waals surface area contributed by atoms with Gasteiger partial charge in [-0.3, -0.25) is 4.79 Å². The first-order chi connectivity index (χ1) is 9.69. The minimum atomic E-state index is -0.0824. The Kier molecular flexibility index (Phi) is 3.31. The van der Waals surface area contributed by atoms with Gasteiger partial charge < -0.3 is 9.72 Å². The van der Waals surface area contributed by atoms with Gasteiger partial charge in [-0.05, 0) is 35.4 Å². The van der Waals surface area contributed by atoms with E-state index in [4.69, 9.17) is 0 Å². The van der Waals surface area contributed by atoms with E-state index in [0.29, 0.717) is 5.56 Å². The summed E-state index contributed by atoms with van der Waals surface area (Å²) in [6, 6.07) is 11.6. The molecule has 2 aromatic heterocycles. The van der Waals surface area contributed by atoms with Crippen LogP contribution in [0.1, 0.15) is 10.4 Å². The molecule has 0 saturated heterocycles. The van der Waals surface area contributed by atoms with Crippen molar-refractivity contribution >= 4 is 32.4 Å². The maximum Gasteiger partial charge on any atom is 0.251 e. The Hall–Kier alpha value is -2.09. The molecular weight excluding hydrogens is 265 g/mol. The highest BCUT2D eigenvalue weighted by molar-refractivity contribution is 6.31. The smallest absolute Gasteiger partial charge is 0.251 e. The van der Waals surface area contributed by atoms with Gasteiger partial charge in [0.05, 0.1) is 0 Å². The fourth-order valence-corrected chi connectivity index (χ4v) is 2.46. The molecule has 0 spiro atoms. The number of hydrogen-bond donors (Lipinski definition) is 1. The summed E-state index contributed by atoms with van der Waals surface area (Å²) < 4.78 is 3.02. The third-order valence-electron chi connectivity index (χ3n) is 3.23. The van der Waals surface area contributed by atoms with E-state index >= 15 is 0 Å². The summed E-state index contributed by atoms with van der Waals surface area (Å²) in [5, 5.41) is 2.63. The molecule has 0 fully saturated rings. The number of carbonyl (C=O) groups excluding carboxylic acids is 1. The predicted octanol–water partition coefficient (Wildman–Crippen LogP) is 1.15. The van der Waals surface area contributed by atoms with Gasteiger partial charge in [-0.1, -0.05) is 16.7 Å². The van der Waals surface area contributed by atoms with Crippen molar-refractivity contribution < 1.29 is 4.79 Å². The van der Waals surface area contributed by atoms with Gasteiger partial charge in [-0.15, -0.1) is 0 Å². The fourth-order valence-electron chi connectivity index (χ4n) is 2.16. The highest BCUT2D eigenvalue weighted by Crippen LogP contribution is 2.21. The van der Waals surface area contributed by atoms with E-state index in [1.54, 1.807) is 13.1 Å². The average molecular weight is 277 g/mol. The molecule has 0 aliphatic heterocycles. The summed E-state index contributed by atoms with van der Waals surface area (Å²) in [6.45, 7) is 0. The Labute approximate surface area is 124 Å². The van der Waals surface area contributed by atoms with Crippen molar-refractivity contribution in [1.29, 1.82) is 0 Å². The Morgan fingerprint density at radius 3 is 2.85 bits per heavy atom. The van der Waals surface area contributed by atoms with E-state index in [0.717, 1.165) is 21.3 Å². The normalized spacial score (nSPS) is 10.7. The summed E-state index contributed by atoms with van der Waals surface area (Å²) in [5.41, 5.74) is 3.58. The number of aromatic nitrogens is 2. The Morgan fingerprint density at radius 2 is 2.05 bits per heavy atom. The van der Waals surface area contributed by atoms with Gasteiger partial charge in [0, 0.05) is 25.0 Å². The van der Waals surface area contributed by atoms with Crippen LogP contribution in [0, 0.1) is 0 Å². The molecule has 4 nitrogen and oxygen atoms in total. The second-order valence-electron chi connectivity index (χ2n) is 4.49. The summed E-state index contributed by atoms with van der Waals surface area (Å²) in [6.07, 6.45) is 3.79. The van der Waals surface area contributed by atoms with Gasteiger partial charge in [-0.25, -0.2) is 4.98 Å². The SMILES string of the molecule is CNC(=O)c1cccc(-c2ccn3[c]([Al])cnc3c2)c1. The number of amides is 1. The minimum Gasteiger partial charge on any atom is -0.355 e. The van der Waals surface area contributed by atoms with E-state index in [-0.39, 0.29) is 5.91 Å². The van der Waals surface area contributed by atoms with Crippen LogP contribution in [0.4, 0.5) is 0 Å². The topological polar surface area (TPSA) is 46.4 Å². The van der Waals surface area contributed by atoms with Crippen LogP contribution in [0.15, 0.2) is 48.8 Å². The van der Waals surface area contributed by atoms with Gasteiger partial charge in [0.2, 0.25) is 16.3 Å². The van der Waals surface area contributed by atoms with Crippen molar-refractivity contribution in [3.63, 3.8) is 0 Å². The van der Waals surface area contributed by atoms with Crippen molar-refractivity contribution in [2.45, 2.75) is 0 Å². The number of nitrogens with one attached hydrogen (secondary N) is 1. The minimum absolute atomic E-state index is 0.0824. The number of hydrogen-bond acceptors (Lipinski definition) is 2. The van der Waals surface area contributed by atoms with Crippen molar-refractivity contribution in [2.24, 2.45) is 0 Å². The maximum atomic E-state index is 11.7. The zero-order valence-electron chi connectivity index (χ0n) is 11.0. The lowest BCUT2D eigenvalue weighted by Crippen LogP contribution is -2.17. The molecule has 1 aromatic carbocycles. The lowest BCUT2D eigenvalue weighted by molar-refractivity contribution is 0.0963. The van der Waals surface area contributed by atoms with Crippen LogP contribution in [-0.4, -0.2) is 38.6 Å². The summed E-state index contributed by atoms with van der Waals surface area (Å²) in [4.78, 5) is 16.0. The fraction of sp³-hybridized carbons (Fsp3) is 0.0667. The van der Waals surface area contributed by atoms with Crippen LogP contribution >= 0.6 is 0 Å². The second kappa shape index (κ2) is 5.12. The van der Waals surface area contributed by atoms with Gasteiger partial charge >= 0.3 is 0 Å². The Bertz CT molecular complexity index is 795. The molecule has 2 radical (unpaired) electrons. The summed E-state index contributed by atoms with van der Waals surface area (Å²) >= 11 is 2.65. The van der Waals surface area contributed by atoms with Crippen LogP contribution < -0.4 is 9.87 Å². The number of nitrogens with zero attached hydrogens (tertiary/aromatic N) is 2. The highest BCUT2D eigenvalue weighted by Gasteiger charge is 2.06. The Morgan fingerprint density at radius 1 is 1.25 bits per heavy atom. The van der Waals surface area contributed by atoms with Crippen LogP contribution in [-0.2, 0) is 0 Å². The van der Waals surface area contributed by atoms with E-state index in [2.05, 4.69) is 26.6 Å². The molecule has 2 heterocycles. The molecule has 0 aliphatic rings. The van der Waals surface area contributed by atoms with Gasteiger partial charge in [0.15, 0.2) is 0 Å².